The summed E-state index contributed by atoms with van der Waals surface area (Å²) in [6.07, 6.45) is 2.46. The van der Waals surface area contributed by atoms with Gasteiger partial charge in [-0.3, -0.25) is 4.79 Å². The molecule has 4 rings (SSSR count). The van der Waals surface area contributed by atoms with Gasteiger partial charge in [-0.25, -0.2) is 9.67 Å². The highest BCUT2D eigenvalue weighted by Crippen LogP contribution is 2.31. The molecule has 0 fully saturated rings. The van der Waals surface area contributed by atoms with E-state index in [9.17, 15) is 4.79 Å². The largest absolute Gasteiger partial charge is 0.497 e. The molecule has 0 radical (unpaired) electrons. The van der Waals surface area contributed by atoms with Crippen LogP contribution in [0.2, 0.25) is 0 Å². The van der Waals surface area contributed by atoms with Gasteiger partial charge < -0.3 is 14.0 Å². The summed E-state index contributed by atoms with van der Waals surface area (Å²) in [6, 6.07) is 7.63. The standard InChI is InChI=1S/C22H22N4O3S/c1-4-5-6-10-29-14-18-24-21-20(30-18)17-12-23-26(22(27)19(17)25(21)2)13-15-8-7-9-16(11-15)28-3/h7-9,11-12H,6,10,13-14H2,1-3H3. The van der Waals surface area contributed by atoms with Crippen molar-refractivity contribution in [2.45, 2.75) is 26.5 Å². The first-order chi connectivity index (χ1) is 14.6. The first-order valence-corrected chi connectivity index (χ1v) is 10.4. The van der Waals surface area contributed by atoms with E-state index in [1.807, 2.05) is 42.8 Å². The number of aryl methyl sites for hydroxylation is 1. The van der Waals surface area contributed by atoms with Gasteiger partial charge in [0.05, 0.1) is 37.8 Å². The van der Waals surface area contributed by atoms with Crippen molar-refractivity contribution in [3.63, 3.8) is 0 Å². The zero-order chi connectivity index (χ0) is 21.1. The summed E-state index contributed by atoms with van der Waals surface area (Å²) in [6.45, 7) is 3.20. The van der Waals surface area contributed by atoms with Crippen molar-refractivity contribution in [2.75, 3.05) is 13.7 Å². The fraction of sp³-hybridized carbons (Fsp3) is 0.318. The van der Waals surface area contributed by atoms with Gasteiger partial charge in [0.2, 0.25) is 0 Å². The molecule has 0 saturated carbocycles. The van der Waals surface area contributed by atoms with Crippen LogP contribution in [0, 0.1) is 11.8 Å². The van der Waals surface area contributed by atoms with Crippen LogP contribution < -0.4 is 10.3 Å². The molecule has 8 heteroatoms. The first-order valence-electron chi connectivity index (χ1n) is 9.56. The Morgan fingerprint density at radius 2 is 2.17 bits per heavy atom. The van der Waals surface area contributed by atoms with Gasteiger partial charge in [0.15, 0.2) is 5.65 Å². The van der Waals surface area contributed by atoms with Crippen molar-refractivity contribution in [3.8, 4) is 17.6 Å². The fourth-order valence-electron chi connectivity index (χ4n) is 3.36. The number of methoxy groups -OCH3 is 1. The minimum atomic E-state index is -0.140. The summed E-state index contributed by atoms with van der Waals surface area (Å²) in [5.41, 5.74) is 2.19. The van der Waals surface area contributed by atoms with Crippen LogP contribution in [0.5, 0.6) is 5.75 Å². The number of aromatic nitrogens is 4. The minimum Gasteiger partial charge on any atom is -0.497 e. The Balaban J connectivity index is 1.64. The van der Waals surface area contributed by atoms with E-state index in [4.69, 9.17) is 9.47 Å². The number of hydrogen-bond acceptors (Lipinski definition) is 6. The van der Waals surface area contributed by atoms with Crippen LogP contribution in [-0.2, 0) is 24.9 Å². The maximum Gasteiger partial charge on any atom is 0.291 e. The SMILES string of the molecule is CC#CCCOCc1nc2c(s1)c1cnn(Cc3cccc(OC)c3)c(=O)c1n2C. The Morgan fingerprint density at radius 3 is 2.97 bits per heavy atom. The molecule has 0 bridgehead atoms. The molecule has 0 aliphatic carbocycles. The summed E-state index contributed by atoms with van der Waals surface area (Å²) in [4.78, 5) is 17.8. The van der Waals surface area contributed by atoms with Crippen molar-refractivity contribution in [1.82, 2.24) is 19.3 Å². The predicted octanol–water partition coefficient (Wildman–Crippen LogP) is 3.33. The lowest BCUT2D eigenvalue weighted by Crippen LogP contribution is -2.24. The average molecular weight is 423 g/mol. The van der Waals surface area contributed by atoms with E-state index >= 15 is 0 Å². The molecule has 0 aliphatic heterocycles. The zero-order valence-corrected chi connectivity index (χ0v) is 18.0. The molecule has 0 spiro atoms. The van der Waals surface area contributed by atoms with Gasteiger partial charge in [-0.2, -0.15) is 5.10 Å². The van der Waals surface area contributed by atoms with Crippen LogP contribution in [0.3, 0.4) is 0 Å². The lowest BCUT2D eigenvalue weighted by atomic mass is 10.2. The molecule has 1 aromatic carbocycles. The summed E-state index contributed by atoms with van der Waals surface area (Å²) in [7, 11) is 3.49. The Morgan fingerprint density at radius 1 is 1.30 bits per heavy atom. The van der Waals surface area contributed by atoms with Crippen LogP contribution in [-0.4, -0.2) is 33.0 Å². The van der Waals surface area contributed by atoms with Gasteiger partial charge in [0.25, 0.3) is 5.56 Å². The van der Waals surface area contributed by atoms with Gasteiger partial charge in [-0.1, -0.05) is 12.1 Å². The van der Waals surface area contributed by atoms with E-state index in [0.717, 1.165) is 32.1 Å². The lowest BCUT2D eigenvalue weighted by molar-refractivity contribution is 0.126. The second kappa shape index (κ2) is 8.69. The topological polar surface area (TPSA) is 71.2 Å². The van der Waals surface area contributed by atoms with E-state index < -0.39 is 0 Å². The van der Waals surface area contributed by atoms with Crippen molar-refractivity contribution in [2.24, 2.45) is 7.05 Å². The maximum absolute atomic E-state index is 13.1. The predicted molar refractivity (Wildman–Crippen MR) is 118 cm³/mol. The molecular weight excluding hydrogens is 400 g/mol. The Labute approximate surface area is 177 Å². The smallest absolute Gasteiger partial charge is 0.291 e. The lowest BCUT2D eigenvalue weighted by Gasteiger charge is -2.07. The molecule has 0 N–H and O–H groups in total. The monoisotopic (exact) mass is 422 g/mol. The number of rotatable bonds is 7. The van der Waals surface area contributed by atoms with Gasteiger partial charge >= 0.3 is 0 Å². The molecule has 7 nitrogen and oxygen atoms in total. The number of benzene rings is 1. The second-order valence-corrected chi connectivity index (χ2v) is 7.85. The van der Waals surface area contributed by atoms with Gasteiger partial charge in [0, 0.05) is 18.9 Å². The third-order valence-corrected chi connectivity index (χ3v) is 5.86. The molecule has 0 saturated heterocycles. The number of hydrogen-bond donors (Lipinski definition) is 0. The molecule has 0 amide bonds. The molecule has 3 aromatic heterocycles. The van der Waals surface area contributed by atoms with Crippen molar-refractivity contribution in [3.05, 3.63) is 51.4 Å². The minimum absolute atomic E-state index is 0.140. The van der Waals surface area contributed by atoms with Crippen LogP contribution in [0.15, 0.2) is 35.3 Å². The Bertz CT molecular complexity index is 1320. The van der Waals surface area contributed by atoms with Crippen molar-refractivity contribution in [1.29, 1.82) is 0 Å². The summed E-state index contributed by atoms with van der Waals surface area (Å²) in [5, 5.41) is 6.11. The third-order valence-electron chi connectivity index (χ3n) is 4.81. The average Bonchev–Trinajstić information content (AvgIpc) is 3.28. The van der Waals surface area contributed by atoms with Crippen molar-refractivity contribution < 1.29 is 9.47 Å². The van der Waals surface area contributed by atoms with Crippen LogP contribution >= 0.6 is 11.3 Å². The van der Waals surface area contributed by atoms with Crippen LogP contribution in [0.1, 0.15) is 23.9 Å². The molecule has 30 heavy (non-hydrogen) atoms. The van der Waals surface area contributed by atoms with E-state index in [0.29, 0.717) is 31.7 Å². The number of ether oxygens (including phenoxy) is 2. The Kier molecular flexibility index (Phi) is 5.84. The highest BCUT2D eigenvalue weighted by Gasteiger charge is 2.18. The molecule has 0 aliphatic rings. The van der Waals surface area contributed by atoms with E-state index in [1.165, 1.54) is 16.0 Å². The molecule has 154 valence electrons. The molecule has 3 heterocycles. The molecular formula is C22H22N4O3S. The molecule has 0 atom stereocenters. The van der Waals surface area contributed by atoms with E-state index in [2.05, 4.69) is 21.9 Å². The third kappa shape index (κ3) is 3.82. The number of fused-ring (bicyclic) bond motifs is 3. The van der Waals surface area contributed by atoms with Crippen LogP contribution in [0.4, 0.5) is 0 Å². The molecule has 0 unspecified atom stereocenters. The van der Waals surface area contributed by atoms with Crippen LogP contribution in [0.25, 0.3) is 21.3 Å². The normalized spacial score (nSPS) is 11.0. The summed E-state index contributed by atoms with van der Waals surface area (Å²) < 4.78 is 15.2. The quantitative estimate of drug-likeness (QED) is 0.337. The zero-order valence-electron chi connectivity index (χ0n) is 17.1. The van der Waals surface area contributed by atoms with Crippen molar-refractivity contribution >= 4 is 32.6 Å². The fourth-order valence-corrected chi connectivity index (χ4v) is 4.40. The van der Waals surface area contributed by atoms with E-state index in [1.54, 1.807) is 13.3 Å². The van der Waals surface area contributed by atoms with E-state index in [-0.39, 0.29) is 5.56 Å². The van der Waals surface area contributed by atoms with Gasteiger partial charge in [-0.05, 0) is 24.6 Å². The molecule has 4 aromatic rings. The second-order valence-electron chi connectivity index (χ2n) is 6.77. The summed E-state index contributed by atoms with van der Waals surface area (Å²) >= 11 is 1.54. The highest BCUT2D eigenvalue weighted by molar-refractivity contribution is 7.19. The van der Waals surface area contributed by atoms with Gasteiger partial charge in [-0.15, -0.1) is 23.2 Å². The maximum atomic E-state index is 13.1. The summed E-state index contributed by atoms with van der Waals surface area (Å²) in [5.74, 6) is 6.58. The number of thiazole rings is 1. The first kappa shape index (κ1) is 20.1. The highest BCUT2D eigenvalue weighted by atomic mass is 32.1. The Hall–Kier alpha value is -3.15. The van der Waals surface area contributed by atoms with Gasteiger partial charge in [0.1, 0.15) is 16.3 Å². The number of nitrogens with zero attached hydrogens (tertiary/aromatic N) is 4.